The van der Waals surface area contributed by atoms with E-state index in [0.29, 0.717) is 6.04 Å². The van der Waals surface area contributed by atoms with Crippen LogP contribution in [0.25, 0.3) is 0 Å². The van der Waals surface area contributed by atoms with Gasteiger partial charge in [-0.3, -0.25) is 16.3 Å². The van der Waals surface area contributed by atoms with Crippen LogP contribution in [0.3, 0.4) is 0 Å². The maximum absolute atomic E-state index is 5.77. The minimum Gasteiger partial charge on any atom is -0.271 e. The average Bonchev–Trinajstić information content (AvgIpc) is 2.99. The third kappa shape index (κ3) is 2.22. The van der Waals surface area contributed by atoms with Crippen LogP contribution < -0.4 is 11.3 Å². The highest BCUT2D eigenvalue weighted by molar-refractivity contribution is 5.12. The lowest BCUT2D eigenvalue weighted by atomic mass is 9.81. The van der Waals surface area contributed by atoms with Crippen molar-refractivity contribution in [1.29, 1.82) is 0 Å². The number of aromatic nitrogens is 1. The molecular formula is C14H21N3. The molecule has 92 valence electrons. The summed E-state index contributed by atoms with van der Waals surface area (Å²) in [6.45, 7) is 0. The van der Waals surface area contributed by atoms with Gasteiger partial charge in [-0.1, -0.05) is 6.42 Å². The van der Waals surface area contributed by atoms with Crippen LogP contribution in [-0.4, -0.2) is 11.0 Å². The van der Waals surface area contributed by atoms with Gasteiger partial charge in [0.15, 0.2) is 0 Å². The van der Waals surface area contributed by atoms with E-state index in [0.717, 1.165) is 24.2 Å². The largest absolute Gasteiger partial charge is 0.271 e. The second kappa shape index (κ2) is 4.75. The Hall–Kier alpha value is -0.930. The van der Waals surface area contributed by atoms with E-state index in [1.165, 1.54) is 31.2 Å². The van der Waals surface area contributed by atoms with Crippen LogP contribution >= 0.6 is 0 Å². The smallest absolute Gasteiger partial charge is 0.0281 e. The first-order valence-corrected chi connectivity index (χ1v) is 6.72. The van der Waals surface area contributed by atoms with Gasteiger partial charge in [0, 0.05) is 18.4 Å². The van der Waals surface area contributed by atoms with Crippen LogP contribution in [0.1, 0.15) is 31.2 Å². The van der Waals surface area contributed by atoms with E-state index < -0.39 is 0 Å². The molecule has 2 aliphatic carbocycles. The number of fused-ring (bicyclic) bond motifs is 2. The summed E-state index contributed by atoms with van der Waals surface area (Å²) in [6.07, 6.45) is 10.5. The van der Waals surface area contributed by atoms with E-state index in [2.05, 4.69) is 22.5 Å². The molecule has 0 radical (unpaired) electrons. The molecule has 4 atom stereocenters. The van der Waals surface area contributed by atoms with Crippen molar-refractivity contribution >= 4 is 0 Å². The van der Waals surface area contributed by atoms with E-state index in [-0.39, 0.29) is 0 Å². The first kappa shape index (κ1) is 11.2. The Balaban J connectivity index is 1.68. The number of hydrogen-bond donors (Lipinski definition) is 2. The summed E-state index contributed by atoms with van der Waals surface area (Å²) in [5.41, 5.74) is 4.40. The third-order valence-corrected chi connectivity index (χ3v) is 4.73. The number of rotatable bonds is 4. The third-order valence-electron chi connectivity index (χ3n) is 4.73. The van der Waals surface area contributed by atoms with E-state index >= 15 is 0 Å². The Morgan fingerprint density at radius 3 is 2.71 bits per heavy atom. The van der Waals surface area contributed by atoms with Crippen LogP contribution in [0.4, 0.5) is 0 Å². The maximum Gasteiger partial charge on any atom is 0.0281 e. The molecule has 2 saturated carbocycles. The second-order valence-corrected chi connectivity index (χ2v) is 5.67. The Labute approximate surface area is 103 Å². The van der Waals surface area contributed by atoms with Crippen LogP contribution in [0, 0.1) is 17.8 Å². The number of nitrogens with two attached hydrogens (primary N) is 1. The van der Waals surface area contributed by atoms with Gasteiger partial charge in [-0.2, -0.15) is 0 Å². The molecule has 2 bridgehead atoms. The van der Waals surface area contributed by atoms with E-state index in [9.17, 15) is 0 Å². The molecule has 0 aromatic carbocycles. The van der Waals surface area contributed by atoms with Gasteiger partial charge in [0.25, 0.3) is 0 Å². The first-order chi connectivity index (χ1) is 8.36. The topological polar surface area (TPSA) is 50.9 Å². The zero-order valence-corrected chi connectivity index (χ0v) is 10.2. The lowest BCUT2D eigenvalue weighted by Crippen LogP contribution is -2.44. The molecule has 0 saturated heterocycles. The van der Waals surface area contributed by atoms with Crippen molar-refractivity contribution in [2.75, 3.05) is 0 Å². The monoisotopic (exact) mass is 231 g/mol. The minimum atomic E-state index is 0.438. The maximum atomic E-state index is 5.77. The van der Waals surface area contributed by atoms with Crippen LogP contribution in [0.5, 0.6) is 0 Å². The highest BCUT2D eigenvalue weighted by Crippen LogP contribution is 2.49. The van der Waals surface area contributed by atoms with E-state index in [1.54, 1.807) is 0 Å². The highest BCUT2D eigenvalue weighted by atomic mass is 15.2. The molecule has 1 heterocycles. The SMILES string of the molecule is NNC(Cc1ccncc1)C1CC2CCC1C2. The van der Waals surface area contributed by atoms with Crippen LogP contribution in [-0.2, 0) is 6.42 Å². The quantitative estimate of drug-likeness (QED) is 0.614. The normalized spacial score (nSPS) is 32.9. The molecule has 0 spiro atoms. The lowest BCUT2D eigenvalue weighted by molar-refractivity contribution is 0.248. The van der Waals surface area contributed by atoms with Crippen molar-refractivity contribution in [3.05, 3.63) is 30.1 Å². The molecule has 0 aliphatic heterocycles. The molecule has 2 aliphatic rings. The first-order valence-electron chi connectivity index (χ1n) is 6.72. The van der Waals surface area contributed by atoms with Crippen molar-refractivity contribution < 1.29 is 0 Å². The zero-order chi connectivity index (χ0) is 11.7. The van der Waals surface area contributed by atoms with Gasteiger partial charge < -0.3 is 0 Å². The molecule has 1 aromatic heterocycles. The molecule has 17 heavy (non-hydrogen) atoms. The van der Waals surface area contributed by atoms with Crippen LogP contribution in [0.15, 0.2) is 24.5 Å². The lowest BCUT2D eigenvalue weighted by Gasteiger charge is -2.30. The number of nitrogens with one attached hydrogen (secondary N) is 1. The molecule has 3 heteroatoms. The number of nitrogens with zero attached hydrogens (tertiary/aromatic N) is 1. The summed E-state index contributed by atoms with van der Waals surface area (Å²) >= 11 is 0. The molecular weight excluding hydrogens is 210 g/mol. The number of hydrogen-bond acceptors (Lipinski definition) is 3. The molecule has 4 unspecified atom stereocenters. The van der Waals surface area contributed by atoms with Gasteiger partial charge in [0.2, 0.25) is 0 Å². The van der Waals surface area contributed by atoms with Crippen molar-refractivity contribution in [1.82, 2.24) is 10.4 Å². The van der Waals surface area contributed by atoms with Gasteiger partial charge in [0.05, 0.1) is 0 Å². The summed E-state index contributed by atoms with van der Waals surface area (Å²) in [5.74, 6) is 8.45. The predicted octanol–water partition coefficient (Wildman–Crippen LogP) is 1.89. The van der Waals surface area contributed by atoms with Crippen molar-refractivity contribution in [2.45, 2.75) is 38.1 Å². The Morgan fingerprint density at radius 1 is 1.29 bits per heavy atom. The molecule has 2 fully saturated rings. The fourth-order valence-electron chi connectivity index (χ4n) is 3.89. The fraction of sp³-hybridized carbons (Fsp3) is 0.643. The fourth-order valence-corrected chi connectivity index (χ4v) is 3.89. The van der Waals surface area contributed by atoms with Crippen LogP contribution in [0.2, 0.25) is 0 Å². The highest BCUT2D eigenvalue weighted by Gasteiger charge is 2.42. The van der Waals surface area contributed by atoms with Crippen molar-refractivity contribution in [3.8, 4) is 0 Å². The summed E-state index contributed by atoms with van der Waals surface area (Å²) in [6, 6.07) is 4.63. The summed E-state index contributed by atoms with van der Waals surface area (Å²) < 4.78 is 0. The summed E-state index contributed by atoms with van der Waals surface area (Å²) in [4.78, 5) is 4.06. The molecule has 3 nitrogen and oxygen atoms in total. The number of pyridine rings is 1. The number of hydrazine groups is 1. The van der Waals surface area contributed by atoms with Gasteiger partial charge in [-0.25, -0.2) is 0 Å². The second-order valence-electron chi connectivity index (χ2n) is 5.67. The summed E-state index contributed by atoms with van der Waals surface area (Å²) in [7, 11) is 0. The van der Waals surface area contributed by atoms with Crippen molar-refractivity contribution in [2.24, 2.45) is 23.6 Å². The molecule has 3 N–H and O–H groups in total. The van der Waals surface area contributed by atoms with Gasteiger partial charge in [-0.05, 0) is 61.1 Å². The van der Waals surface area contributed by atoms with E-state index in [4.69, 9.17) is 5.84 Å². The predicted molar refractivity (Wildman–Crippen MR) is 68.0 cm³/mol. The Bertz CT molecular complexity index is 365. The average molecular weight is 231 g/mol. The molecule has 1 aromatic rings. The summed E-state index contributed by atoms with van der Waals surface area (Å²) in [5, 5.41) is 0. The molecule has 0 amide bonds. The zero-order valence-electron chi connectivity index (χ0n) is 10.2. The Morgan fingerprint density at radius 2 is 2.12 bits per heavy atom. The Kier molecular flexibility index (Phi) is 3.12. The molecule has 3 rings (SSSR count). The van der Waals surface area contributed by atoms with E-state index in [1.807, 2.05) is 12.4 Å². The van der Waals surface area contributed by atoms with Gasteiger partial charge in [0.1, 0.15) is 0 Å². The van der Waals surface area contributed by atoms with Crippen molar-refractivity contribution in [3.63, 3.8) is 0 Å². The van der Waals surface area contributed by atoms with Gasteiger partial charge in [-0.15, -0.1) is 0 Å². The van der Waals surface area contributed by atoms with Gasteiger partial charge >= 0.3 is 0 Å². The standard InChI is InChI=1S/C14H21N3/c15-17-14(9-10-3-5-16-6-4-10)13-8-11-1-2-12(13)7-11/h3-6,11-14,17H,1-2,7-9,15H2. The minimum absolute atomic E-state index is 0.438.